The van der Waals surface area contributed by atoms with Crippen molar-refractivity contribution in [2.45, 2.75) is 37.9 Å². The minimum absolute atomic E-state index is 0.0796. The summed E-state index contributed by atoms with van der Waals surface area (Å²) in [6, 6.07) is 6.12. The number of aromatic nitrogens is 2. The van der Waals surface area contributed by atoms with Crippen molar-refractivity contribution in [3.8, 4) is 5.75 Å². The molecule has 1 aliphatic carbocycles. The zero-order chi connectivity index (χ0) is 22.2. The van der Waals surface area contributed by atoms with Gasteiger partial charge in [0.25, 0.3) is 0 Å². The Balaban J connectivity index is 1.14. The predicted molar refractivity (Wildman–Crippen MR) is 119 cm³/mol. The molecule has 0 unspecified atom stereocenters. The molecular formula is C24H26N4O5. The third-order valence-electron chi connectivity index (χ3n) is 6.14. The van der Waals surface area contributed by atoms with Crippen LogP contribution in [0.5, 0.6) is 5.75 Å². The molecule has 2 fully saturated rings. The van der Waals surface area contributed by atoms with E-state index in [-0.39, 0.29) is 12.7 Å². The van der Waals surface area contributed by atoms with Crippen molar-refractivity contribution in [2.24, 2.45) is 4.99 Å². The van der Waals surface area contributed by atoms with E-state index < -0.39 is 0 Å². The summed E-state index contributed by atoms with van der Waals surface area (Å²) in [6.07, 6.45) is 5.02. The molecule has 4 aliphatic rings. The first-order valence-electron chi connectivity index (χ1n) is 11.4. The fraction of sp³-hybridized carbons (Fsp3) is 0.458. The Bertz CT molecular complexity index is 1110. The molecule has 1 saturated heterocycles. The van der Waals surface area contributed by atoms with E-state index in [4.69, 9.17) is 23.5 Å². The number of hydrogen-bond acceptors (Lipinski definition) is 9. The first kappa shape index (κ1) is 20.4. The SMILES string of the molecule is C=C1N=C(OC[C@H]2COCCO2)C=C2c3ccc(OCc4noc(C5CC5)n4)cc3CCN12. The molecule has 3 aliphatic heterocycles. The van der Waals surface area contributed by atoms with Gasteiger partial charge in [-0.3, -0.25) is 0 Å². The van der Waals surface area contributed by atoms with Crippen LogP contribution >= 0.6 is 0 Å². The lowest BCUT2D eigenvalue weighted by Gasteiger charge is -2.35. The van der Waals surface area contributed by atoms with E-state index in [1.807, 2.05) is 12.1 Å². The minimum atomic E-state index is -0.0796. The summed E-state index contributed by atoms with van der Waals surface area (Å²) in [5, 5.41) is 4.02. The molecule has 9 heteroatoms. The van der Waals surface area contributed by atoms with Gasteiger partial charge in [-0.05, 0) is 43.0 Å². The summed E-state index contributed by atoms with van der Waals surface area (Å²) in [4.78, 5) is 11.1. The van der Waals surface area contributed by atoms with Gasteiger partial charge in [0.15, 0.2) is 6.61 Å². The molecule has 0 spiro atoms. The molecule has 1 aromatic carbocycles. The summed E-state index contributed by atoms with van der Waals surface area (Å²) >= 11 is 0. The monoisotopic (exact) mass is 450 g/mol. The first-order chi connectivity index (χ1) is 16.2. The van der Waals surface area contributed by atoms with Crippen LogP contribution in [0.1, 0.15) is 41.6 Å². The zero-order valence-corrected chi connectivity index (χ0v) is 18.4. The molecule has 1 atom stereocenters. The van der Waals surface area contributed by atoms with Crippen molar-refractivity contribution in [2.75, 3.05) is 33.0 Å². The molecule has 2 aromatic rings. The number of rotatable bonds is 6. The van der Waals surface area contributed by atoms with E-state index in [1.165, 1.54) is 5.56 Å². The van der Waals surface area contributed by atoms with Crippen molar-refractivity contribution in [1.82, 2.24) is 15.0 Å². The second kappa shape index (κ2) is 8.64. The number of aliphatic imine (C=N–C) groups is 1. The number of ether oxygens (including phenoxy) is 4. The Hall–Kier alpha value is -3.17. The van der Waals surface area contributed by atoms with Crippen LogP contribution in [0.3, 0.4) is 0 Å². The average molecular weight is 450 g/mol. The molecule has 1 aromatic heterocycles. The van der Waals surface area contributed by atoms with Gasteiger partial charge >= 0.3 is 0 Å². The van der Waals surface area contributed by atoms with Crippen molar-refractivity contribution in [3.05, 3.63) is 59.5 Å². The standard InChI is InChI=1S/C24H26N4O5/c1-15-25-23(32-13-19-12-29-8-9-30-19)11-21-20-5-4-18(10-17(20)6-7-28(15)21)31-14-22-26-24(33-27-22)16-2-3-16/h4-5,10-11,16,19H,1-3,6-9,12-14H2/t19-/m1/s1. The van der Waals surface area contributed by atoms with E-state index in [9.17, 15) is 0 Å². The molecule has 0 radical (unpaired) electrons. The molecule has 0 amide bonds. The van der Waals surface area contributed by atoms with Crippen LogP contribution in [0.2, 0.25) is 0 Å². The van der Waals surface area contributed by atoms with Crippen molar-refractivity contribution >= 4 is 11.6 Å². The predicted octanol–water partition coefficient (Wildman–Crippen LogP) is 3.04. The van der Waals surface area contributed by atoms with Crippen LogP contribution < -0.4 is 4.74 Å². The molecule has 4 heterocycles. The van der Waals surface area contributed by atoms with Gasteiger partial charge in [-0.1, -0.05) is 11.7 Å². The molecule has 1 saturated carbocycles. The van der Waals surface area contributed by atoms with Gasteiger partial charge in [-0.2, -0.15) is 9.98 Å². The minimum Gasteiger partial charge on any atom is -0.485 e. The quantitative estimate of drug-likeness (QED) is 0.663. The Morgan fingerprint density at radius 2 is 2.12 bits per heavy atom. The second-order valence-corrected chi connectivity index (χ2v) is 8.61. The Kier molecular flexibility index (Phi) is 5.35. The highest BCUT2D eigenvalue weighted by molar-refractivity contribution is 5.98. The normalized spacial score (nSPS) is 22.2. The maximum atomic E-state index is 5.95. The fourth-order valence-electron chi connectivity index (χ4n) is 4.23. The van der Waals surface area contributed by atoms with E-state index in [0.29, 0.717) is 49.9 Å². The summed E-state index contributed by atoms with van der Waals surface area (Å²) in [6.45, 7) is 7.37. The summed E-state index contributed by atoms with van der Waals surface area (Å²) in [5.74, 6) is 3.76. The molecule has 9 nitrogen and oxygen atoms in total. The Labute approximate surface area is 191 Å². The van der Waals surface area contributed by atoms with Gasteiger partial charge in [0.2, 0.25) is 17.6 Å². The Morgan fingerprint density at radius 1 is 1.18 bits per heavy atom. The summed E-state index contributed by atoms with van der Waals surface area (Å²) in [7, 11) is 0. The van der Waals surface area contributed by atoms with Crippen LogP contribution in [0, 0.1) is 0 Å². The largest absolute Gasteiger partial charge is 0.485 e. The van der Waals surface area contributed by atoms with Crippen molar-refractivity contribution in [3.63, 3.8) is 0 Å². The highest BCUT2D eigenvalue weighted by Gasteiger charge is 2.30. The first-order valence-corrected chi connectivity index (χ1v) is 11.4. The maximum Gasteiger partial charge on any atom is 0.229 e. The van der Waals surface area contributed by atoms with Crippen LogP contribution in [0.4, 0.5) is 0 Å². The highest BCUT2D eigenvalue weighted by Crippen LogP contribution is 2.39. The number of fused-ring (bicyclic) bond motifs is 3. The lowest BCUT2D eigenvalue weighted by atomic mass is 9.95. The van der Waals surface area contributed by atoms with Crippen LogP contribution in [-0.4, -0.2) is 60.0 Å². The van der Waals surface area contributed by atoms with E-state index >= 15 is 0 Å². The topological polar surface area (TPSA) is 91.4 Å². The van der Waals surface area contributed by atoms with Gasteiger partial charge in [0.05, 0.1) is 25.5 Å². The Morgan fingerprint density at radius 3 is 2.97 bits per heavy atom. The molecular weight excluding hydrogens is 424 g/mol. The third-order valence-corrected chi connectivity index (χ3v) is 6.14. The molecule has 33 heavy (non-hydrogen) atoms. The number of benzene rings is 1. The lowest BCUT2D eigenvalue weighted by Crippen LogP contribution is -2.35. The third kappa shape index (κ3) is 4.38. The van der Waals surface area contributed by atoms with Crippen LogP contribution in [0.25, 0.3) is 5.70 Å². The van der Waals surface area contributed by atoms with Gasteiger partial charge in [-0.15, -0.1) is 0 Å². The highest BCUT2D eigenvalue weighted by atomic mass is 16.6. The number of hydrogen-bond donors (Lipinski definition) is 0. The maximum absolute atomic E-state index is 5.95. The van der Waals surface area contributed by atoms with Gasteiger partial charge < -0.3 is 28.4 Å². The number of nitrogens with zero attached hydrogens (tertiary/aromatic N) is 4. The average Bonchev–Trinajstić information content (AvgIpc) is 3.59. The smallest absolute Gasteiger partial charge is 0.229 e. The fourth-order valence-corrected chi connectivity index (χ4v) is 4.23. The molecule has 0 N–H and O–H groups in total. The van der Waals surface area contributed by atoms with Gasteiger partial charge in [-0.25, -0.2) is 0 Å². The van der Waals surface area contributed by atoms with Crippen LogP contribution in [0.15, 0.2) is 46.2 Å². The molecule has 6 rings (SSSR count). The summed E-state index contributed by atoms with van der Waals surface area (Å²) < 4.78 is 28.3. The second-order valence-electron chi connectivity index (χ2n) is 8.61. The van der Waals surface area contributed by atoms with Gasteiger partial charge in [0.1, 0.15) is 24.3 Å². The molecule has 0 bridgehead atoms. The van der Waals surface area contributed by atoms with Crippen LogP contribution in [-0.2, 0) is 27.2 Å². The zero-order valence-electron chi connectivity index (χ0n) is 18.4. The summed E-state index contributed by atoms with van der Waals surface area (Å²) in [5.41, 5.74) is 3.37. The van der Waals surface area contributed by atoms with E-state index in [0.717, 1.165) is 48.7 Å². The lowest BCUT2D eigenvalue weighted by molar-refractivity contribution is -0.103. The van der Waals surface area contributed by atoms with Gasteiger partial charge in [0, 0.05) is 24.1 Å². The van der Waals surface area contributed by atoms with E-state index in [1.54, 1.807) is 0 Å². The van der Waals surface area contributed by atoms with Crippen molar-refractivity contribution < 1.29 is 23.5 Å². The van der Waals surface area contributed by atoms with E-state index in [2.05, 4.69) is 38.7 Å². The van der Waals surface area contributed by atoms with Crippen molar-refractivity contribution in [1.29, 1.82) is 0 Å². The molecule has 172 valence electrons.